The van der Waals surface area contributed by atoms with Crippen molar-refractivity contribution in [2.24, 2.45) is 4.66 Å². The predicted octanol–water partition coefficient (Wildman–Crippen LogP) is -0.476. The van der Waals surface area contributed by atoms with E-state index in [1.165, 1.54) is 6.08 Å². The SMILES string of the molecule is C=CCO[SiH2]N=C=O. The minimum atomic E-state index is -0.970. The molecule has 0 N–H and O–H groups in total. The first kappa shape index (κ1) is 7.30. The molecule has 0 spiro atoms. The molecule has 0 aromatic heterocycles. The van der Waals surface area contributed by atoms with Crippen molar-refractivity contribution in [1.82, 2.24) is 0 Å². The van der Waals surface area contributed by atoms with Crippen LogP contribution in [0.25, 0.3) is 0 Å². The van der Waals surface area contributed by atoms with Crippen molar-refractivity contribution >= 4 is 16.0 Å². The molecule has 4 heteroatoms. The molecule has 44 valence electrons. The molecule has 0 rings (SSSR count). The largest absolute Gasteiger partial charge is 0.398 e. The van der Waals surface area contributed by atoms with Crippen LogP contribution >= 0.6 is 0 Å². The molecule has 8 heavy (non-hydrogen) atoms. The minimum Gasteiger partial charge on any atom is -0.398 e. The summed E-state index contributed by atoms with van der Waals surface area (Å²) in [6.07, 6.45) is 3.02. The first-order valence-corrected chi connectivity index (χ1v) is 3.35. The molecule has 0 radical (unpaired) electrons. The number of isocyanates is 1. The molecule has 0 atom stereocenters. The van der Waals surface area contributed by atoms with Crippen LogP contribution in [0.1, 0.15) is 0 Å². The summed E-state index contributed by atoms with van der Waals surface area (Å²) in [6.45, 7) is 3.90. The van der Waals surface area contributed by atoms with E-state index in [0.717, 1.165) is 0 Å². The topological polar surface area (TPSA) is 38.7 Å². The van der Waals surface area contributed by atoms with E-state index in [9.17, 15) is 4.79 Å². The van der Waals surface area contributed by atoms with Crippen LogP contribution in [0.2, 0.25) is 0 Å². The normalized spacial score (nSPS) is 9.00. The van der Waals surface area contributed by atoms with Gasteiger partial charge in [-0.2, -0.15) is 0 Å². The molecule has 0 amide bonds. The summed E-state index contributed by atoms with van der Waals surface area (Å²) < 4.78 is 8.09. The van der Waals surface area contributed by atoms with Crippen LogP contribution in [-0.4, -0.2) is 22.6 Å². The smallest absolute Gasteiger partial charge is 0.302 e. The average Bonchev–Trinajstić information content (AvgIpc) is 1.81. The zero-order valence-electron chi connectivity index (χ0n) is 4.46. The van der Waals surface area contributed by atoms with E-state index >= 15 is 0 Å². The van der Waals surface area contributed by atoms with E-state index < -0.39 is 9.92 Å². The predicted molar refractivity (Wildman–Crippen MR) is 32.8 cm³/mol. The number of carbonyl (C=O) groups excluding carboxylic acids is 1. The van der Waals surface area contributed by atoms with E-state index in [1.807, 2.05) is 0 Å². The van der Waals surface area contributed by atoms with Crippen molar-refractivity contribution in [3.05, 3.63) is 12.7 Å². The van der Waals surface area contributed by atoms with Gasteiger partial charge < -0.3 is 4.43 Å². The van der Waals surface area contributed by atoms with Crippen molar-refractivity contribution in [3.63, 3.8) is 0 Å². The number of nitrogens with zero attached hydrogens (tertiary/aromatic N) is 1. The highest BCUT2D eigenvalue weighted by molar-refractivity contribution is 6.26. The fourth-order valence-electron chi connectivity index (χ4n) is 0.208. The Morgan fingerprint density at radius 1 is 2.00 bits per heavy atom. The Kier molecular flexibility index (Phi) is 5.74. The summed E-state index contributed by atoms with van der Waals surface area (Å²) >= 11 is 0. The van der Waals surface area contributed by atoms with Crippen molar-refractivity contribution in [3.8, 4) is 0 Å². The summed E-state index contributed by atoms with van der Waals surface area (Å²) in [5.41, 5.74) is 0. The highest BCUT2D eigenvalue weighted by Crippen LogP contribution is 1.69. The van der Waals surface area contributed by atoms with Gasteiger partial charge in [0.1, 0.15) is 0 Å². The standard InChI is InChI=1S/C4H7NO2Si/c1-2-3-7-8-5-4-6/h2H,1,3,8H2. The molecular formula is C4H7NO2Si. The van der Waals surface area contributed by atoms with Crippen LogP contribution in [-0.2, 0) is 9.22 Å². The van der Waals surface area contributed by atoms with Gasteiger partial charge in [0.15, 0.2) is 0 Å². The van der Waals surface area contributed by atoms with Gasteiger partial charge in [-0.05, 0) is 0 Å². The third-order valence-corrected chi connectivity index (χ3v) is 1.13. The molecule has 0 aromatic rings. The van der Waals surface area contributed by atoms with Gasteiger partial charge in [0.2, 0.25) is 6.08 Å². The van der Waals surface area contributed by atoms with Gasteiger partial charge in [-0.3, -0.25) is 0 Å². The average molecular weight is 129 g/mol. The lowest BCUT2D eigenvalue weighted by molar-refractivity contribution is 0.386. The van der Waals surface area contributed by atoms with Crippen LogP contribution in [0, 0.1) is 0 Å². The van der Waals surface area contributed by atoms with E-state index in [2.05, 4.69) is 11.2 Å². The highest BCUT2D eigenvalue weighted by atomic mass is 28.2. The second-order valence-corrected chi connectivity index (χ2v) is 2.02. The van der Waals surface area contributed by atoms with Gasteiger partial charge in [0, 0.05) is 0 Å². The molecule has 0 bridgehead atoms. The highest BCUT2D eigenvalue weighted by Gasteiger charge is 1.76. The van der Waals surface area contributed by atoms with Crippen LogP contribution in [0.15, 0.2) is 17.3 Å². The summed E-state index contributed by atoms with van der Waals surface area (Å²) in [5, 5.41) is 0. The molecule has 0 aromatic carbocycles. The fraction of sp³-hybridized carbons (Fsp3) is 0.250. The molecule has 0 aliphatic heterocycles. The lowest BCUT2D eigenvalue weighted by Crippen LogP contribution is -1.93. The minimum absolute atomic E-state index is 0.484. The lowest BCUT2D eigenvalue weighted by Gasteiger charge is -1.87. The van der Waals surface area contributed by atoms with Crippen LogP contribution < -0.4 is 0 Å². The van der Waals surface area contributed by atoms with Gasteiger partial charge in [-0.15, -0.1) is 6.58 Å². The molecule has 0 fully saturated rings. The maximum atomic E-state index is 9.41. The maximum Gasteiger partial charge on any atom is 0.302 e. The number of hydrogen-bond donors (Lipinski definition) is 0. The number of hydrogen-bond acceptors (Lipinski definition) is 3. The lowest BCUT2D eigenvalue weighted by atomic mass is 10.7. The Hall–Kier alpha value is -0.703. The second-order valence-electron chi connectivity index (χ2n) is 1.04. The summed E-state index contributed by atoms with van der Waals surface area (Å²) in [4.78, 5) is 9.41. The second kappa shape index (κ2) is 6.30. The molecule has 0 unspecified atom stereocenters. The molecule has 3 nitrogen and oxygen atoms in total. The van der Waals surface area contributed by atoms with Crippen molar-refractivity contribution < 1.29 is 9.22 Å². The third kappa shape index (κ3) is 5.30. The molecule has 0 heterocycles. The Bertz CT molecular complexity index is 109. The fourth-order valence-corrected chi connectivity index (χ4v) is 0.624. The van der Waals surface area contributed by atoms with Gasteiger partial charge in [-0.25, -0.2) is 9.45 Å². The summed E-state index contributed by atoms with van der Waals surface area (Å²) in [7, 11) is -0.970. The Morgan fingerprint density at radius 2 is 2.75 bits per heavy atom. The quantitative estimate of drug-likeness (QED) is 0.169. The van der Waals surface area contributed by atoms with Gasteiger partial charge >= 0.3 is 9.92 Å². The molecule has 0 saturated carbocycles. The number of rotatable bonds is 4. The van der Waals surface area contributed by atoms with E-state index in [4.69, 9.17) is 4.43 Å². The first-order valence-electron chi connectivity index (χ1n) is 2.14. The molecule has 0 aliphatic rings. The van der Waals surface area contributed by atoms with Crippen molar-refractivity contribution in [2.75, 3.05) is 6.61 Å². The van der Waals surface area contributed by atoms with Crippen LogP contribution in [0.3, 0.4) is 0 Å². The summed E-state index contributed by atoms with van der Waals surface area (Å²) in [5.74, 6) is 0. The van der Waals surface area contributed by atoms with E-state index in [0.29, 0.717) is 6.61 Å². The maximum absolute atomic E-state index is 9.41. The van der Waals surface area contributed by atoms with Gasteiger partial charge in [0.25, 0.3) is 0 Å². The monoisotopic (exact) mass is 129 g/mol. The first-order chi connectivity index (χ1) is 3.91. The van der Waals surface area contributed by atoms with Crippen molar-refractivity contribution in [1.29, 1.82) is 0 Å². The molecular weight excluding hydrogens is 122 g/mol. The zero-order chi connectivity index (χ0) is 6.24. The van der Waals surface area contributed by atoms with Crippen molar-refractivity contribution in [2.45, 2.75) is 0 Å². The Labute approximate surface area is 50.1 Å². The Morgan fingerprint density at radius 3 is 3.25 bits per heavy atom. The van der Waals surface area contributed by atoms with Crippen LogP contribution in [0.5, 0.6) is 0 Å². The van der Waals surface area contributed by atoms with Crippen LogP contribution in [0.4, 0.5) is 0 Å². The summed E-state index contributed by atoms with van der Waals surface area (Å²) in [6, 6.07) is 0. The molecule has 0 saturated heterocycles. The Balaban J connectivity index is 2.93. The zero-order valence-corrected chi connectivity index (χ0v) is 5.88. The van der Waals surface area contributed by atoms with E-state index in [1.54, 1.807) is 6.08 Å². The third-order valence-electron chi connectivity index (χ3n) is 0.456. The van der Waals surface area contributed by atoms with Gasteiger partial charge in [0.05, 0.1) is 6.61 Å². The molecule has 0 aliphatic carbocycles. The van der Waals surface area contributed by atoms with Gasteiger partial charge in [-0.1, -0.05) is 6.08 Å². The van der Waals surface area contributed by atoms with E-state index in [-0.39, 0.29) is 0 Å².